The number of rotatable bonds is 4. The maximum atomic E-state index is 5.47. The van der Waals surface area contributed by atoms with E-state index in [0.717, 1.165) is 50.1 Å². The van der Waals surface area contributed by atoms with Gasteiger partial charge in [0.15, 0.2) is 6.17 Å². The van der Waals surface area contributed by atoms with Crippen molar-refractivity contribution in [1.29, 1.82) is 0 Å². The minimum Gasteiger partial charge on any atom is -0.497 e. The van der Waals surface area contributed by atoms with E-state index in [2.05, 4.69) is 15.4 Å². The number of morpholine rings is 1. The summed E-state index contributed by atoms with van der Waals surface area (Å²) in [7, 11) is 1.66. The smallest absolute Gasteiger partial charge is 0.225 e. The van der Waals surface area contributed by atoms with Crippen molar-refractivity contribution in [2.45, 2.75) is 6.17 Å². The van der Waals surface area contributed by atoms with Crippen LogP contribution in [0.5, 0.6) is 5.75 Å². The van der Waals surface area contributed by atoms with Gasteiger partial charge in [0, 0.05) is 13.1 Å². The van der Waals surface area contributed by atoms with Crippen molar-refractivity contribution >= 4 is 5.90 Å². The predicted octanol–water partition coefficient (Wildman–Crippen LogP) is 0.959. The van der Waals surface area contributed by atoms with Crippen LogP contribution >= 0.6 is 0 Å². The monoisotopic (exact) mass is 277 g/mol. The number of hydrogen-bond donors (Lipinski definition) is 1. The third-order valence-corrected chi connectivity index (χ3v) is 3.46. The van der Waals surface area contributed by atoms with Crippen LogP contribution in [0.1, 0.15) is 11.7 Å². The quantitative estimate of drug-likeness (QED) is 0.888. The molecule has 2 aliphatic rings. The Hall–Kier alpha value is -1.63. The van der Waals surface area contributed by atoms with Gasteiger partial charge in [-0.2, -0.15) is 0 Å². The molecule has 0 aliphatic carbocycles. The number of hydrogen-bond acceptors (Lipinski definition) is 6. The van der Waals surface area contributed by atoms with E-state index >= 15 is 0 Å². The Morgan fingerprint density at radius 3 is 2.75 bits per heavy atom. The molecule has 1 fully saturated rings. The van der Waals surface area contributed by atoms with Crippen LogP contribution in [0.15, 0.2) is 29.3 Å². The van der Waals surface area contributed by atoms with Gasteiger partial charge in [-0.1, -0.05) is 12.1 Å². The number of nitrogens with one attached hydrogen (secondary N) is 1. The fourth-order valence-electron chi connectivity index (χ4n) is 2.27. The highest BCUT2D eigenvalue weighted by molar-refractivity contribution is 5.79. The fourth-order valence-corrected chi connectivity index (χ4v) is 2.27. The summed E-state index contributed by atoms with van der Waals surface area (Å²) in [5.74, 6) is 1.57. The van der Waals surface area contributed by atoms with Crippen molar-refractivity contribution in [3.63, 3.8) is 0 Å². The normalized spacial score (nSPS) is 23.2. The highest BCUT2D eigenvalue weighted by Crippen LogP contribution is 2.21. The van der Waals surface area contributed by atoms with Crippen LogP contribution in [0.2, 0.25) is 0 Å². The Bertz CT molecular complexity index is 469. The van der Waals surface area contributed by atoms with Crippen LogP contribution in [0.4, 0.5) is 0 Å². The zero-order valence-electron chi connectivity index (χ0n) is 11.5. The standard InChI is InChI=1S/C14H19N3O3/c1-18-12-4-2-11(3-5-12)14-15-13(20-16-14)10-17-6-8-19-9-7-17/h2-5,14,16H,6-10H2,1H3/t14-/m1/s1. The van der Waals surface area contributed by atoms with E-state index in [1.807, 2.05) is 24.3 Å². The molecule has 0 aromatic heterocycles. The number of ether oxygens (including phenoxy) is 2. The van der Waals surface area contributed by atoms with Crippen molar-refractivity contribution in [2.24, 2.45) is 4.99 Å². The van der Waals surface area contributed by atoms with E-state index in [-0.39, 0.29) is 6.17 Å². The topological polar surface area (TPSA) is 55.3 Å². The maximum absolute atomic E-state index is 5.47. The van der Waals surface area contributed by atoms with Crippen molar-refractivity contribution in [1.82, 2.24) is 10.4 Å². The molecule has 1 aromatic rings. The largest absolute Gasteiger partial charge is 0.497 e. The molecule has 6 nitrogen and oxygen atoms in total. The molecule has 0 bridgehead atoms. The lowest BCUT2D eigenvalue weighted by Gasteiger charge is -2.25. The summed E-state index contributed by atoms with van der Waals surface area (Å²) in [4.78, 5) is 12.3. The number of aliphatic imine (C=N–C) groups is 1. The lowest BCUT2D eigenvalue weighted by Crippen LogP contribution is -2.39. The lowest BCUT2D eigenvalue weighted by molar-refractivity contribution is 0.0417. The van der Waals surface area contributed by atoms with Gasteiger partial charge in [0.2, 0.25) is 5.90 Å². The van der Waals surface area contributed by atoms with Crippen LogP contribution in [0, 0.1) is 0 Å². The molecule has 2 heterocycles. The third kappa shape index (κ3) is 3.09. The van der Waals surface area contributed by atoms with Crippen LogP contribution in [-0.2, 0) is 9.57 Å². The molecule has 20 heavy (non-hydrogen) atoms. The van der Waals surface area contributed by atoms with Crippen molar-refractivity contribution in [3.8, 4) is 5.75 Å². The van der Waals surface area contributed by atoms with Gasteiger partial charge in [0.25, 0.3) is 0 Å². The minimum absolute atomic E-state index is 0.142. The molecule has 108 valence electrons. The summed E-state index contributed by atoms with van der Waals surface area (Å²) in [6, 6.07) is 7.82. The molecule has 0 unspecified atom stereocenters. The van der Waals surface area contributed by atoms with Gasteiger partial charge >= 0.3 is 0 Å². The third-order valence-electron chi connectivity index (χ3n) is 3.46. The molecule has 1 atom stereocenters. The van der Waals surface area contributed by atoms with E-state index in [9.17, 15) is 0 Å². The number of benzene rings is 1. The Kier molecular flexibility index (Phi) is 4.15. The second-order valence-corrected chi connectivity index (χ2v) is 4.81. The van der Waals surface area contributed by atoms with E-state index < -0.39 is 0 Å². The highest BCUT2D eigenvalue weighted by Gasteiger charge is 2.22. The van der Waals surface area contributed by atoms with Crippen molar-refractivity contribution in [2.75, 3.05) is 40.0 Å². The second-order valence-electron chi connectivity index (χ2n) is 4.81. The van der Waals surface area contributed by atoms with Crippen LogP contribution < -0.4 is 10.2 Å². The summed E-state index contributed by atoms with van der Waals surface area (Å²) >= 11 is 0. The first-order valence-corrected chi connectivity index (χ1v) is 6.78. The maximum Gasteiger partial charge on any atom is 0.225 e. The summed E-state index contributed by atoms with van der Waals surface area (Å²) in [6.45, 7) is 4.14. The lowest BCUT2D eigenvalue weighted by atomic mass is 10.2. The van der Waals surface area contributed by atoms with Gasteiger partial charge in [0.05, 0.1) is 26.9 Å². The summed E-state index contributed by atoms with van der Waals surface area (Å²) < 4.78 is 10.5. The fraction of sp³-hybridized carbons (Fsp3) is 0.500. The van der Waals surface area contributed by atoms with Crippen LogP contribution in [0.3, 0.4) is 0 Å². The summed E-state index contributed by atoms with van der Waals surface area (Å²) in [5, 5.41) is 0. The van der Waals surface area contributed by atoms with Crippen LogP contribution in [-0.4, -0.2) is 50.8 Å². The second kappa shape index (κ2) is 6.21. The van der Waals surface area contributed by atoms with E-state index in [4.69, 9.17) is 14.3 Å². The molecular formula is C14H19N3O3. The van der Waals surface area contributed by atoms with Gasteiger partial charge in [-0.05, 0) is 17.7 Å². The molecule has 1 aromatic carbocycles. The molecule has 6 heteroatoms. The van der Waals surface area contributed by atoms with Gasteiger partial charge in [-0.15, -0.1) is 5.48 Å². The molecule has 0 spiro atoms. The average Bonchev–Trinajstić information content (AvgIpc) is 2.97. The van der Waals surface area contributed by atoms with E-state index in [0.29, 0.717) is 0 Å². The molecule has 0 amide bonds. The molecule has 1 N–H and O–H groups in total. The Morgan fingerprint density at radius 2 is 2.05 bits per heavy atom. The summed E-state index contributed by atoms with van der Waals surface area (Å²) in [5.41, 5.74) is 4.01. The summed E-state index contributed by atoms with van der Waals surface area (Å²) in [6.07, 6.45) is -0.142. The minimum atomic E-state index is -0.142. The van der Waals surface area contributed by atoms with Gasteiger partial charge in [-0.3, -0.25) is 4.90 Å². The van der Waals surface area contributed by atoms with Gasteiger partial charge in [-0.25, -0.2) is 4.99 Å². The van der Waals surface area contributed by atoms with E-state index in [1.165, 1.54) is 0 Å². The van der Waals surface area contributed by atoms with Gasteiger partial charge in [0.1, 0.15) is 5.75 Å². The number of methoxy groups -OCH3 is 1. The zero-order valence-corrected chi connectivity index (χ0v) is 11.5. The Morgan fingerprint density at radius 1 is 1.30 bits per heavy atom. The molecule has 0 radical (unpaired) electrons. The van der Waals surface area contributed by atoms with E-state index in [1.54, 1.807) is 7.11 Å². The molecular weight excluding hydrogens is 258 g/mol. The molecule has 0 saturated carbocycles. The van der Waals surface area contributed by atoms with Crippen molar-refractivity contribution < 1.29 is 14.3 Å². The zero-order chi connectivity index (χ0) is 13.8. The molecule has 2 aliphatic heterocycles. The Balaban J connectivity index is 1.61. The van der Waals surface area contributed by atoms with Crippen LogP contribution in [0.25, 0.3) is 0 Å². The Labute approximate surface area is 118 Å². The highest BCUT2D eigenvalue weighted by atomic mass is 16.7. The predicted molar refractivity (Wildman–Crippen MR) is 74.6 cm³/mol. The van der Waals surface area contributed by atoms with Gasteiger partial charge < -0.3 is 14.3 Å². The molecule has 1 saturated heterocycles. The number of nitrogens with zero attached hydrogens (tertiary/aromatic N) is 2. The molecule has 3 rings (SSSR count). The first-order chi connectivity index (χ1) is 9.85. The SMILES string of the molecule is COc1ccc([C@@H]2N=C(CN3CCOCC3)ON2)cc1. The number of hydroxylamine groups is 1. The first kappa shape index (κ1) is 13.4. The first-order valence-electron chi connectivity index (χ1n) is 6.78. The van der Waals surface area contributed by atoms with Crippen molar-refractivity contribution in [3.05, 3.63) is 29.8 Å². The average molecular weight is 277 g/mol.